The lowest BCUT2D eigenvalue weighted by Crippen LogP contribution is -2.42. The predicted octanol–water partition coefficient (Wildman–Crippen LogP) is 5.56. The highest BCUT2D eigenvalue weighted by Gasteiger charge is 2.35. The first-order valence-electron chi connectivity index (χ1n) is 15.9. The molecular weight excluding hydrogens is 686 g/mol. The van der Waals surface area contributed by atoms with Gasteiger partial charge >= 0.3 is 0 Å². The number of anilines is 1. The van der Waals surface area contributed by atoms with Crippen molar-refractivity contribution in [2.45, 2.75) is 65.1 Å². The number of pyridine rings is 1. The van der Waals surface area contributed by atoms with Crippen LogP contribution in [0.15, 0.2) is 47.3 Å². The molecule has 0 saturated carbocycles. The summed E-state index contributed by atoms with van der Waals surface area (Å²) in [7, 11) is 1.86. The molecule has 11 nitrogen and oxygen atoms in total. The average Bonchev–Trinajstić information content (AvgIpc) is 3.62. The largest absolute Gasteiger partial charge is 0.373 e. The summed E-state index contributed by atoms with van der Waals surface area (Å²) in [6, 6.07) is 8.96. The molecule has 1 N–H and O–H groups in total. The number of aromatic nitrogens is 5. The van der Waals surface area contributed by atoms with E-state index in [2.05, 4.69) is 41.3 Å². The van der Waals surface area contributed by atoms with Crippen molar-refractivity contribution in [3.8, 4) is 11.1 Å². The van der Waals surface area contributed by atoms with Gasteiger partial charge in [-0.1, -0.05) is 19.1 Å². The van der Waals surface area contributed by atoms with Crippen molar-refractivity contribution in [3.05, 3.63) is 64.4 Å². The van der Waals surface area contributed by atoms with E-state index in [0.29, 0.717) is 48.2 Å². The Hall–Kier alpha value is -4.17. The summed E-state index contributed by atoms with van der Waals surface area (Å²) in [4.78, 5) is 53.0. The highest BCUT2D eigenvalue weighted by molar-refractivity contribution is 9.10. The Labute approximate surface area is 286 Å². The second-order valence-corrected chi connectivity index (χ2v) is 13.3. The summed E-state index contributed by atoms with van der Waals surface area (Å²) in [6.07, 6.45) is 5.09. The van der Waals surface area contributed by atoms with Crippen LogP contribution in [-0.4, -0.2) is 91.2 Å². The van der Waals surface area contributed by atoms with Gasteiger partial charge in [-0.05, 0) is 77.5 Å². The summed E-state index contributed by atoms with van der Waals surface area (Å²) < 4.78 is 29.8. The van der Waals surface area contributed by atoms with Crippen molar-refractivity contribution in [1.82, 2.24) is 34.5 Å². The van der Waals surface area contributed by atoms with Crippen LogP contribution in [0.25, 0.3) is 22.0 Å². The van der Waals surface area contributed by atoms with Crippen LogP contribution in [0.2, 0.25) is 0 Å². The van der Waals surface area contributed by atoms with Crippen LogP contribution in [0.4, 0.5) is 14.6 Å². The molecule has 1 aromatic carbocycles. The minimum atomic E-state index is -2.68. The molecule has 0 spiro atoms. The summed E-state index contributed by atoms with van der Waals surface area (Å²) in [5.41, 5.74) is 3.51. The number of halogens is 3. The molecule has 0 aliphatic carbocycles. The Morgan fingerprint density at radius 2 is 1.90 bits per heavy atom. The first-order valence-corrected chi connectivity index (χ1v) is 16.7. The number of nitrogens with one attached hydrogen (secondary N) is 1. The normalized spacial score (nSPS) is 19.1. The molecule has 254 valence electrons. The number of aryl methyl sites for hydroxylation is 1. The molecule has 2 unspecified atom stereocenters. The number of amides is 1. The van der Waals surface area contributed by atoms with Crippen LogP contribution >= 0.6 is 15.9 Å². The number of hydrogen-bond acceptors (Lipinski definition) is 9. The third-order valence-electron chi connectivity index (χ3n) is 8.57. The van der Waals surface area contributed by atoms with Gasteiger partial charge in [-0.3, -0.25) is 19.2 Å². The first kappa shape index (κ1) is 35.1. The molecule has 4 aromatic rings. The molecule has 3 aromatic heterocycles. The number of carbonyl (C=O) groups excluding carboxylic acids is 3. The number of nitrogens with zero attached hydrogens (tertiary/aromatic N) is 7. The molecule has 0 bridgehead atoms. The monoisotopic (exact) mass is 724 g/mol. The number of hydrogen-bond donors (Lipinski definition) is 1. The summed E-state index contributed by atoms with van der Waals surface area (Å²) in [6.45, 7) is 6.44. The van der Waals surface area contributed by atoms with Crippen molar-refractivity contribution in [2.24, 2.45) is 5.92 Å². The zero-order chi connectivity index (χ0) is 34.6. The second-order valence-electron chi connectivity index (χ2n) is 12.5. The van der Waals surface area contributed by atoms with Gasteiger partial charge in [0.05, 0.1) is 24.6 Å². The van der Waals surface area contributed by atoms with E-state index in [0.717, 1.165) is 27.8 Å². The number of fused-ring (bicyclic) bond motifs is 1. The minimum Gasteiger partial charge on any atom is -0.373 e. The summed E-state index contributed by atoms with van der Waals surface area (Å²) >= 11 is 3.29. The molecule has 2 atom stereocenters. The van der Waals surface area contributed by atoms with Crippen molar-refractivity contribution in [2.75, 3.05) is 32.0 Å². The molecule has 2 aliphatic rings. The van der Waals surface area contributed by atoms with E-state index < -0.39 is 12.0 Å². The number of likely N-dealkylation sites (tertiary alicyclic amines) is 2. The van der Waals surface area contributed by atoms with E-state index in [-0.39, 0.29) is 49.4 Å². The maximum atomic E-state index is 13.7. The van der Waals surface area contributed by atoms with Crippen LogP contribution in [0.5, 0.6) is 0 Å². The van der Waals surface area contributed by atoms with Gasteiger partial charge in [0, 0.05) is 50.3 Å². The number of Topliss-reactive ketones (excluding diaryl/α,β-unsaturated/α-hetero) is 1. The quantitative estimate of drug-likeness (QED) is 0.141. The van der Waals surface area contributed by atoms with Gasteiger partial charge in [0.2, 0.25) is 5.91 Å². The van der Waals surface area contributed by atoms with E-state index in [9.17, 15) is 23.2 Å². The minimum absolute atomic E-state index is 0.0759. The predicted molar refractivity (Wildman–Crippen MR) is 182 cm³/mol. The Balaban J connectivity index is 0.000000387. The highest BCUT2D eigenvalue weighted by Crippen LogP contribution is 2.29. The first-order chi connectivity index (χ1) is 22.9. The van der Waals surface area contributed by atoms with Gasteiger partial charge in [-0.15, -0.1) is 0 Å². The van der Waals surface area contributed by atoms with Gasteiger partial charge in [-0.2, -0.15) is 5.10 Å². The summed E-state index contributed by atoms with van der Waals surface area (Å²) in [5, 5.41) is 8.03. The van der Waals surface area contributed by atoms with E-state index in [1.54, 1.807) is 28.3 Å². The lowest BCUT2D eigenvalue weighted by molar-refractivity contribution is -0.135. The molecule has 1 amide bonds. The van der Waals surface area contributed by atoms with Gasteiger partial charge in [0.1, 0.15) is 34.8 Å². The fourth-order valence-corrected chi connectivity index (χ4v) is 6.49. The molecule has 2 aliphatic heterocycles. The van der Waals surface area contributed by atoms with Crippen LogP contribution in [-0.2, 0) is 22.7 Å². The Morgan fingerprint density at radius 1 is 1.15 bits per heavy atom. The number of aldehydes is 1. The van der Waals surface area contributed by atoms with Gasteiger partial charge < -0.3 is 15.0 Å². The molecular formula is C34H39BrF2N8O3. The molecule has 2 fully saturated rings. The molecule has 5 heterocycles. The van der Waals surface area contributed by atoms with Crippen LogP contribution in [0.3, 0.4) is 0 Å². The maximum absolute atomic E-state index is 13.7. The van der Waals surface area contributed by atoms with Crippen molar-refractivity contribution in [1.29, 1.82) is 0 Å². The van der Waals surface area contributed by atoms with Crippen LogP contribution < -0.4 is 5.32 Å². The zero-order valence-corrected chi connectivity index (χ0v) is 29.0. The summed E-state index contributed by atoms with van der Waals surface area (Å²) in [5.74, 6) is -1.50. The second kappa shape index (κ2) is 14.9. The third-order valence-corrected chi connectivity index (χ3v) is 9.02. The van der Waals surface area contributed by atoms with E-state index >= 15 is 0 Å². The number of carbonyl (C=O) groups is 3. The standard InChI is InChI=1S/C27H30F2N6O3.C7H9BrN2/c1-17-8-21(15-36)34(12-17)25(38)14-35-23-5-4-19(9-22(23)26(32-35)18(2)37)20-10-30-24(31-11-20)13-33-7-3-6-27(28,29)16-33;1-5-3-4-6(8)10-7(5)9-2/h4-5,9-11,15,17,21H,3,6-8,12-14,16H2,1-2H3;3-4H,1-2H3,(H,9,10). The molecule has 14 heteroatoms. The van der Waals surface area contributed by atoms with Crippen molar-refractivity contribution >= 4 is 50.6 Å². The number of ketones is 1. The number of piperidine rings is 1. The molecule has 6 rings (SSSR count). The Bertz CT molecular complexity index is 1800. The third kappa shape index (κ3) is 8.27. The fraction of sp³-hybridized carbons (Fsp3) is 0.441. The lowest BCUT2D eigenvalue weighted by Gasteiger charge is -2.31. The van der Waals surface area contributed by atoms with E-state index in [1.807, 2.05) is 45.2 Å². The van der Waals surface area contributed by atoms with Crippen LogP contribution in [0, 0.1) is 12.8 Å². The maximum Gasteiger partial charge on any atom is 0.260 e. The zero-order valence-electron chi connectivity index (χ0n) is 27.4. The van der Waals surface area contributed by atoms with Gasteiger partial charge in [0.15, 0.2) is 5.78 Å². The molecule has 2 saturated heterocycles. The lowest BCUT2D eigenvalue weighted by atomic mass is 10.0. The van der Waals surface area contributed by atoms with E-state index in [4.69, 9.17) is 0 Å². The smallest absolute Gasteiger partial charge is 0.260 e. The highest BCUT2D eigenvalue weighted by atomic mass is 79.9. The van der Waals surface area contributed by atoms with Crippen LogP contribution in [0.1, 0.15) is 55.0 Å². The SMILES string of the molecule is CC(=O)c1nn(CC(=O)N2CC(C)CC2C=O)c2ccc(-c3cnc(CN4CCCC(F)(F)C4)nc3)cc12.CNc1nc(Br)ccc1C. The van der Waals surface area contributed by atoms with Gasteiger partial charge in [0.25, 0.3) is 5.92 Å². The van der Waals surface area contributed by atoms with Crippen molar-refractivity contribution < 1.29 is 23.2 Å². The fourth-order valence-electron chi connectivity index (χ4n) is 6.18. The Kier molecular flexibility index (Phi) is 10.9. The Morgan fingerprint density at radius 3 is 2.54 bits per heavy atom. The number of alkyl halides is 2. The molecule has 48 heavy (non-hydrogen) atoms. The van der Waals surface area contributed by atoms with E-state index in [1.165, 1.54) is 11.6 Å². The average molecular weight is 726 g/mol. The topological polar surface area (TPSA) is 126 Å². The number of rotatable bonds is 8. The van der Waals surface area contributed by atoms with Gasteiger partial charge in [-0.25, -0.2) is 23.7 Å². The van der Waals surface area contributed by atoms with Crippen molar-refractivity contribution in [3.63, 3.8) is 0 Å². The number of benzene rings is 1. The molecule has 0 radical (unpaired) electrons.